The van der Waals surface area contributed by atoms with Gasteiger partial charge in [-0.15, -0.1) is 0 Å². The van der Waals surface area contributed by atoms with Gasteiger partial charge in [0.25, 0.3) is 0 Å². The highest BCUT2D eigenvalue weighted by atomic mass is 16.7. The van der Waals surface area contributed by atoms with Crippen LogP contribution in [0.1, 0.15) is 112 Å². The van der Waals surface area contributed by atoms with Gasteiger partial charge in [-0.2, -0.15) is 0 Å². The first-order valence-corrected chi connectivity index (χ1v) is 20.1. The maximum absolute atomic E-state index is 15.1. The molecule has 13 atom stereocenters. The van der Waals surface area contributed by atoms with E-state index >= 15 is 4.79 Å². The Labute approximate surface area is 305 Å². The predicted octanol–water partition coefficient (Wildman–Crippen LogP) is 6.95. The summed E-state index contributed by atoms with van der Waals surface area (Å²) in [4.78, 5) is 29.6. The summed E-state index contributed by atoms with van der Waals surface area (Å²) in [6.45, 7) is 19.9. The molecule has 5 saturated carbocycles. The van der Waals surface area contributed by atoms with Gasteiger partial charge in [0.2, 0.25) is 0 Å². The quantitative estimate of drug-likeness (QED) is 0.305. The topological polar surface area (TPSA) is 94.5 Å². The summed E-state index contributed by atoms with van der Waals surface area (Å²) < 4.78 is 25.7. The number of carbonyl (C=O) groups excluding carboxylic acids is 2. The minimum atomic E-state index is -1.28. The standard InChI is InChI=1S/C43H63NO7/c1-26-22-29(37(39(5,6)47)49-27(2)45)50-35-34(26)40(7)18-19-43-25-42(43)17-16-32(38(3,4)30(42)14-15-31(43)41(40,8)36(35)46)51-33-24-44(20-21-48-33)23-28-12-10-9-11-13-28/h9-13,26,29-35,37,47H,14-25H2,1-8H3/t26-,29?,30+,31?,32+,33+,34+,35?,37+,40-,41-,42-,43+/m1/s1. The van der Waals surface area contributed by atoms with E-state index in [1.54, 1.807) is 13.8 Å². The zero-order valence-corrected chi connectivity index (χ0v) is 32.4. The summed E-state index contributed by atoms with van der Waals surface area (Å²) in [7, 11) is 0. The van der Waals surface area contributed by atoms with E-state index in [0.717, 1.165) is 45.3 Å². The smallest absolute Gasteiger partial charge is 0.303 e. The van der Waals surface area contributed by atoms with Crippen molar-refractivity contribution in [2.24, 2.45) is 50.7 Å². The fourth-order valence-electron chi connectivity index (χ4n) is 14.2. The second-order valence-electron chi connectivity index (χ2n) is 19.7. The van der Waals surface area contributed by atoms with Gasteiger partial charge in [0.1, 0.15) is 6.10 Å². The molecule has 3 unspecified atom stereocenters. The molecule has 2 aliphatic heterocycles. The molecule has 0 amide bonds. The lowest BCUT2D eigenvalue weighted by molar-refractivity contribution is -0.247. The van der Waals surface area contributed by atoms with Crippen molar-refractivity contribution < 1.29 is 33.6 Å². The van der Waals surface area contributed by atoms with E-state index in [0.29, 0.717) is 24.9 Å². The lowest BCUT2D eigenvalue weighted by atomic mass is 9.41. The normalized spacial score (nSPS) is 46.5. The molecular formula is C43H63NO7. The van der Waals surface area contributed by atoms with Gasteiger partial charge in [0.05, 0.1) is 24.4 Å². The van der Waals surface area contributed by atoms with E-state index in [9.17, 15) is 9.90 Å². The molecule has 5 aliphatic carbocycles. The number of ketones is 1. The number of rotatable bonds is 7. The van der Waals surface area contributed by atoms with Gasteiger partial charge < -0.3 is 24.1 Å². The van der Waals surface area contributed by atoms with Crippen LogP contribution in [-0.2, 0) is 35.1 Å². The number of ether oxygens (including phenoxy) is 4. The number of carbonyl (C=O) groups is 2. The predicted molar refractivity (Wildman–Crippen MR) is 193 cm³/mol. The monoisotopic (exact) mass is 705 g/mol. The van der Waals surface area contributed by atoms with E-state index in [1.165, 1.54) is 31.7 Å². The Morgan fingerprint density at radius 3 is 2.45 bits per heavy atom. The molecule has 8 nitrogen and oxygen atoms in total. The maximum atomic E-state index is 15.1. The Morgan fingerprint density at radius 2 is 1.75 bits per heavy atom. The van der Waals surface area contributed by atoms with Crippen LogP contribution in [0.2, 0.25) is 0 Å². The largest absolute Gasteiger partial charge is 0.457 e. The van der Waals surface area contributed by atoms with Crippen LogP contribution >= 0.6 is 0 Å². The van der Waals surface area contributed by atoms with Crippen molar-refractivity contribution >= 4 is 11.8 Å². The van der Waals surface area contributed by atoms with Crippen molar-refractivity contribution in [2.45, 2.75) is 150 Å². The molecule has 51 heavy (non-hydrogen) atoms. The van der Waals surface area contributed by atoms with Crippen LogP contribution in [0, 0.1) is 50.7 Å². The molecule has 0 bridgehead atoms. The Kier molecular flexibility index (Phi) is 8.56. The van der Waals surface area contributed by atoms with Crippen molar-refractivity contribution in [1.82, 2.24) is 4.90 Å². The minimum Gasteiger partial charge on any atom is -0.457 e. The first-order chi connectivity index (χ1) is 24.0. The lowest BCUT2D eigenvalue weighted by Gasteiger charge is -2.62. The van der Waals surface area contributed by atoms with Gasteiger partial charge in [-0.1, -0.05) is 65.0 Å². The fraction of sp³-hybridized carbons (Fsp3) is 0.814. The Bertz CT molecular complexity index is 1520. The number of fused-ring (bicyclic) bond motifs is 4. The van der Waals surface area contributed by atoms with E-state index in [2.05, 4.69) is 69.9 Å². The van der Waals surface area contributed by atoms with E-state index in [-0.39, 0.29) is 51.7 Å². The maximum Gasteiger partial charge on any atom is 0.303 e. The molecule has 7 fully saturated rings. The van der Waals surface area contributed by atoms with Crippen LogP contribution in [0.4, 0.5) is 0 Å². The van der Waals surface area contributed by atoms with Gasteiger partial charge >= 0.3 is 5.97 Å². The van der Waals surface area contributed by atoms with Crippen molar-refractivity contribution in [2.75, 3.05) is 19.7 Å². The first kappa shape index (κ1) is 36.2. The summed E-state index contributed by atoms with van der Waals surface area (Å²) in [5.41, 5.74) is -0.113. The Balaban J connectivity index is 1.00. The van der Waals surface area contributed by atoms with E-state index in [4.69, 9.17) is 18.9 Å². The molecule has 1 aromatic carbocycles. The molecule has 7 aliphatic rings. The third-order valence-electron chi connectivity index (χ3n) is 16.5. The molecule has 0 radical (unpaired) electrons. The molecule has 2 saturated heterocycles. The van der Waals surface area contributed by atoms with Crippen molar-refractivity contribution in [1.29, 1.82) is 0 Å². The second-order valence-corrected chi connectivity index (χ2v) is 19.7. The highest BCUT2D eigenvalue weighted by Gasteiger charge is 2.85. The summed E-state index contributed by atoms with van der Waals surface area (Å²) in [5, 5.41) is 11.0. The number of benzene rings is 1. The number of hydrogen-bond donors (Lipinski definition) is 1. The zero-order valence-electron chi connectivity index (χ0n) is 32.4. The van der Waals surface area contributed by atoms with Gasteiger partial charge in [-0.05, 0) is 110 Å². The van der Waals surface area contributed by atoms with E-state index < -0.39 is 35.3 Å². The van der Waals surface area contributed by atoms with E-state index in [1.807, 2.05) is 0 Å². The van der Waals surface area contributed by atoms with Gasteiger partial charge in [0.15, 0.2) is 18.2 Å². The van der Waals surface area contributed by atoms with Crippen LogP contribution in [0.25, 0.3) is 0 Å². The summed E-state index contributed by atoms with van der Waals surface area (Å²) in [6.07, 6.45) is 6.61. The molecule has 282 valence electrons. The average Bonchev–Trinajstić information content (AvgIpc) is 3.70. The summed E-state index contributed by atoms with van der Waals surface area (Å²) >= 11 is 0. The van der Waals surface area contributed by atoms with Crippen LogP contribution in [0.5, 0.6) is 0 Å². The third kappa shape index (κ3) is 5.22. The molecule has 1 aromatic rings. The highest BCUT2D eigenvalue weighted by Crippen LogP contribution is 2.89. The number of morpholine rings is 1. The van der Waals surface area contributed by atoms with Crippen molar-refractivity contribution in [3.8, 4) is 0 Å². The number of nitrogens with zero attached hydrogens (tertiary/aromatic N) is 1. The summed E-state index contributed by atoms with van der Waals surface area (Å²) in [5.74, 6) is 1.05. The Morgan fingerprint density at radius 1 is 1.04 bits per heavy atom. The van der Waals surface area contributed by atoms with Crippen LogP contribution in [0.3, 0.4) is 0 Å². The summed E-state index contributed by atoms with van der Waals surface area (Å²) in [6, 6.07) is 10.7. The molecule has 2 heterocycles. The first-order valence-electron chi connectivity index (χ1n) is 20.1. The van der Waals surface area contributed by atoms with Gasteiger partial charge in [-0.25, -0.2) is 0 Å². The number of aliphatic hydroxyl groups is 1. The number of Topliss-reactive ketones (excluding diaryl/α,β-unsaturated/α-hetero) is 1. The van der Waals surface area contributed by atoms with Crippen LogP contribution in [-0.4, -0.2) is 77.8 Å². The van der Waals surface area contributed by atoms with Crippen molar-refractivity contribution in [3.05, 3.63) is 35.9 Å². The van der Waals surface area contributed by atoms with Gasteiger partial charge in [-0.3, -0.25) is 14.5 Å². The molecule has 2 spiro atoms. The van der Waals surface area contributed by atoms with Gasteiger partial charge in [0, 0.05) is 37.9 Å². The molecule has 8 heteroatoms. The minimum absolute atomic E-state index is 0.0147. The zero-order chi connectivity index (χ0) is 36.4. The number of esters is 1. The lowest BCUT2D eigenvalue weighted by Crippen LogP contribution is -2.59. The van der Waals surface area contributed by atoms with Crippen LogP contribution < -0.4 is 0 Å². The second kappa shape index (κ2) is 12.1. The highest BCUT2D eigenvalue weighted by molar-refractivity contribution is 5.93. The third-order valence-corrected chi connectivity index (χ3v) is 16.5. The Hall–Kier alpha value is -1.84. The van der Waals surface area contributed by atoms with Crippen LogP contribution in [0.15, 0.2) is 30.3 Å². The molecule has 1 N–H and O–H groups in total. The average molecular weight is 706 g/mol. The molecule has 8 rings (SSSR count). The SMILES string of the molecule is CC(=O)O[C@@H](C1C[C@@H](C)[C@H]2C(O1)C(=O)[C@@]1(C)C3CC[C@H]4C(C)(C)[C@@H](O[C@H]5CN(Cc6ccccc6)CCO5)CC[C@@]45C[C@@]35CC[C@]21C)C(C)(C)O. The number of hydrogen-bond acceptors (Lipinski definition) is 8. The molecule has 0 aromatic heterocycles. The fourth-order valence-corrected chi connectivity index (χ4v) is 14.2. The molecular weight excluding hydrogens is 642 g/mol. The van der Waals surface area contributed by atoms with Crippen molar-refractivity contribution in [3.63, 3.8) is 0 Å².